The Morgan fingerprint density at radius 2 is 1.64 bits per heavy atom. The smallest absolute Gasteiger partial charge is 0.180 e. The third kappa shape index (κ3) is 2.56. The fourth-order valence-electron chi connectivity index (χ4n) is 3.35. The van der Waals surface area contributed by atoms with Crippen molar-refractivity contribution < 1.29 is 8.78 Å². The summed E-state index contributed by atoms with van der Waals surface area (Å²) in [6.45, 7) is 0. The molecule has 0 unspecified atom stereocenters. The third-order valence-corrected chi connectivity index (χ3v) is 4.61. The van der Waals surface area contributed by atoms with Gasteiger partial charge in [0.1, 0.15) is 11.6 Å². The summed E-state index contributed by atoms with van der Waals surface area (Å²) in [6, 6.07) is 13.0. The summed E-state index contributed by atoms with van der Waals surface area (Å²) in [7, 11) is 0. The predicted octanol–water partition coefficient (Wildman–Crippen LogP) is 4.47. The number of anilines is 1. The van der Waals surface area contributed by atoms with Crippen LogP contribution in [0.2, 0.25) is 0 Å². The van der Waals surface area contributed by atoms with Gasteiger partial charge in [-0.3, -0.25) is 9.38 Å². The molecule has 5 rings (SSSR count). The number of pyridine rings is 1. The molecule has 5 nitrogen and oxygen atoms in total. The number of nitrogens with zero attached hydrogens (tertiary/aromatic N) is 4. The molecule has 7 heteroatoms. The Balaban J connectivity index is 1.85. The molecule has 0 amide bonds. The molecule has 5 aromatic rings. The van der Waals surface area contributed by atoms with Gasteiger partial charge in [0.15, 0.2) is 11.5 Å². The second-order valence-electron chi connectivity index (χ2n) is 6.38. The van der Waals surface area contributed by atoms with E-state index in [0.717, 1.165) is 11.3 Å². The Labute approximate surface area is 158 Å². The zero-order valence-electron chi connectivity index (χ0n) is 14.5. The molecule has 136 valence electrons. The minimum Gasteiger partial charge on any atom is -0.381 e. The molecule has 0 aliphatic heterocycles. The van der Waals surface area contributed by atoms with Crippen LogP contribution in [-0.2, 0) is 0 Å². The minimum atomic E-state index is -0.411. The van der Waals surface area contributed by atoms with Gasteiger partial charge >= 0.3 is 0 Å². The van der Waals surface area contributed by atoms with E-state index in [1.54, 1.807) is 24.5 Å². The van der Waals surface area contributed by atoms with Crippen molar-refractivity contribution >= 4 is 22.4 Å². The van der Waals surface area contributed by atoms with E-state index in [1.807, 2.05) is 22.6 Å². The highest BCUT2D eigenvalue weighted by molar-refractivity contribution is 5.89. The molecule has 0 aliphatic carbocycles. The molecule has 3 heterocycles. The lowest BCUT2D eigenvalue weighted by Gasteiger charge is -2.14. The van der Waals surface area contributed by atoms with Crippen LogP contribution in [0.1, 0.15) is 0 Å². The molecule has 0 aliphatic rings. The number of imidazole rings is 1. The Bertz CT molecular complexity index is 1340. The summed E-state index contributed by atoms with van der Waals surface area (Å²) >= 11 is 0. The van der Waals surface area contributed by atoms with Gasteiger partial charge in [-0.25, -0.2) is 18.7 Å². The zero-order chi connectivity index (χ0) is 19.3. The predicted molar refractivity (Wildman–Crippen MR) is 103 cm³/mol. The van der Waals surface area contributed by atoms with Crippen LogP contribution < -0.4 is 5.73 Å². The van der Waals surface area contributed by atoms with Gasteiger partial charge in [-0.15, -0.1) is 0 Å². The van der Waals surface area contributed by atoms with Crippen molar-refractivity contribution in [3.8, 4) is 22.5 Å². The average Bonchev–Trinajstić information content (AvgIpc) is 3.18. The highest BCUT2D eigenvalue weighted by Crippen LogP contribution is 2.34. The van der Waals surface area contributed by atoms with E-state index in [0.29, 0.717) is 27.8 Å². The quantitative estimate of drug-likeness (QED) is 0.496. The summed E-state index contributed by atoms with van der Waals surface area (Å²) in [5.41, 5.74) is 10.1. The second kappa shape index (κ2) is 6.09. The van der Waals surface area contributed by atoms with Gasteiger partial charge in [-0.05, 0) is 42.5 Å². The summed E-state index contributed by atoms with van der Waals surface area (Å²) in [6.07, 6.45) is 4.60. The van der Waals surface area contributed by atoms with E-state index < -0.39 is 5.82 Å². The fraction of sp³-hybridized carbons (Fsp3) is 0. The van der Waals surface area contributed by atoms with Gasteiger partial charge in [-0.2, -0.15) is 0 Å². The summed E-state index contributed by atoms with van der Waals surface area (Å²) < 4.78 is 28.9. The minimum absolute atomic E-state index is 0.265. The van der Waals surface area contributed by atoms with Crippen LogP contribution in [0.25, 0.3) is 39.1 Å². The molecule has 0 atom stereocenters. The van der Waals surface area contributed by atoms with Crippen LogP contribution in [0.3, 0.4) is 0 Å². The van der Waals surface area contributed by atoms with Gasteiger partial charge in [-0.1, -0.05) is 6.07 Å². The van der Waals surface area contributed by atoms with Crippen LogP contribution in [-0.4, -0.2) is 19.4 Å². The van der Waals surface area contributed by atoms with E-state index in [1.165, 1.54) is 24.4 Å². The number of nitrogens with two attached hydrogens (primary N) is 1. The fourth-order valence-corrected chi connectivity index (χ4v) is 3.35. The summed E-state index contributed by atoms with van der Waals surface area (Å²) in [4.78, 5) is 12.9. The first-order valence-corrected chi connectivity index (χ1v) is 8.54. The number of fused-ring (bicyclic) bond motifs is 2. The lowest BCUT2D eigenvalue weighted by molar-refractivity contribution is 0.624. The maximum atomic E-state index is 13.7. The number of benzene rings is 2. The standard InChI is InChI=1S/C21H13F2N5/c22-15-4-1-12(2-5-15)18-19(28-8-7-25-21(28)20(24)27-18)13-3-6-17-14(9-13)10-16(23)11-26-17/h1-11H,(H2,24,27). The first-order chi connectivity index (χ1) is 13.6. The van der Waals surface area contributed by atoms with Gasteiger partial charge < -0.3 is 5.73 Å². The maximum Gasteiger partial charge on any atom is 0.180 e. The van der Waals surface area contributed by atoms with Gasteiger partial charge in [0.2, 0.25) is 0 Å². The van der Waals surface area contributed by atoms with Gasteiger partial charge in [0, 0.05) is 28.9 Å². The second-order valence-corrected chi connectivity index (χ2v) is 6.38. The van der Waals surface area contributed by atoms with Crippen LogP contribution >= 0.6 is 0 Å². The number of hydrogen-bond donors (Lipinski definition) is 1. The van der Waals surface area contributed by atoms with Crippen molar-refractivity contribution in [2.75, 3.05) is 5.73 Å². The first-order valence-electron chi connectivity index (χ1n) is 8.54. The largest absolute Gasteiger partial charge is 0.381 e. The molecule has 28 heavy (non-hydrogen) atoms. The number of aromatic nitrogens is 4. The van der Waals surface area contributed by atoms with Crippen LogP contribution in [0.15, 0.2) is 67.1 Å². The number of rotatable bonds is 2. The monoisotopic (exact) mass is 373 g/mol. The lowest BCUT2D eigenvalue weighted by Crippen LogP contribution is -2.03. The summed E-state index contributed by atoms with van der Waals surface area (Å²) in [5.74, 6) is -0.484. The molecule has 0 bridgehead atoms. The molecular formula is C21H13F2N5. The lowest BCUT2D eigenvalue weighted by atomic mass is 10.0. The number of hydrogen-bond acceptors (Lipinski definition) is 4. The van der Waals surface area contributed by atoms with E-state index in [9.17, 15) is 8.78 Å². The maximum absolute atomic E-state index is 13.7. The molecule has 0 fully saturated rings. The van der Waals surface area contributed by atoms with Crippen molar-refractivity contribution in [3.63, 3.8) is 0 Å². The first kappa shape index (κ1) is 16.3. The van der Waals surface area contributed by atoms with Crippen LogP contribution in [0, 0.1) is 11.6 Å². The van der Waals surface area contributed by atoms with E-state index >= 15 is 0 Å². The molecular weight excluding hydrogens is 360 g/mol. The molecule has 3 aromatic heterocycles. The molecule has 0 radical (unpaired) electrons. The van der Waals surface area contributed by atoms with E-state index in [4.69, 9.17) is 5.73 Å². The zero-order valence-corrected chi connectivity index (χ0v) is 14.5. The number of nitrogen functional groups attached to an aromatic ring is 1. The Morgan fingerprint density at radius 3 is 2.46 bits per heavy atom. The van der Waals surface area contributed by atoms with Crippen LogP contribution in [0.4, 0.5) is 14.6 Å². The van der Waals surface area contributed by atoms with Gasteiger partial charge in [0.25, 0.3) is 0 Å². The van der Waals surface area contributed by atoms with Crippen molar-refractivity contribution in [2.24, 2.45) is 0 Å². The van der Waals surface area contributed by atoms with Crippen molar-refractivity contribution in [1.29, 1.82) is 0 Å². The molecule has 2 N–H and O–H groups in total. The molecule has 0 spiro atoms. The normalized spacial score (nSPS) is 11.4. The highest BCUT2D eigenvalue weighted by Gasteiger charge is 2.17. The SMILES string of the molecule is Nc1nc(-c2ccc(F)cc2)c(-c2ccc3ncc(F)cc3c2)n2ccnc12. The number of halogens is 2. The van der Waals surface area contributed by atoms with Crippen LogP contribution in [0.5, 0.6) is 0 Å². The molecule has 0 saturated heterocycles. The highest BCUT2D eigenvalue weighted by atomic mass is 19.1. The van der Waals surface area contributed by atoms with Crippen molar-refractivity contribution in [1.82, 2.24) is 19.4 Å². The van der Waals surface area contributed by atoms with E-state index in [-0.39, 0.29) is 11.6 Å². The average molecular weight is 373 g/mol. The third-order valence-electron chi connectivity index (χ3n) is 4.61. The topological polar surface area (TPSA) is 69.1 Å². The Kier molecular flexibility index (Phi) is 3.55. The molecule has 2 aromatic carbocycles. The Morgan fingerprint density at radius 1 is 0.857 bits per heavy atom. The van der Waals surface area contributed by atoms with E-state index in [2.05, 4.69) is 15.0 Å². The van der Waals surface area contributed by atoms with Crippen molar-refractivity contribution in [3.05, 3.63) is 78.8 Å². The van der Waals surface area contributed by atoms with Crippen molar-refractivity contribution in [2.45, 2.75) is 0 Å². The Hall–Kier alpha value is -3.87. The van der Waals surface area contributed by atoms with Gasteiger partial charge in [0.05, 0.1) is 23.1 Å². The molecule has 0 saturated carbocycles. The summed E-state index contributed by atoms with van der Waals surface area (Å²) in [5, 5.41) is 0.660.